The van der Waals surface area contributed by atoms with Crippen molar-refractivity contribution in [3.05, 3.63) is 0 Å². The van der Waals surface area contributed by atoms with Crippen LogP contribution in [0.5, 0.6) is 0 Å². The Morgan fingerprint density at radius 3 is 1.97 bits per heavy atom. The molecule has 1 N–H and O–H groups in total. The van der Waals surface area contributed by atoms with E-state index in [1.54, 1.807) is 0 Å². The third-order valence-corrected chi connectivity index (χ3v) is 8.90. The number of carbonyl (C=O) groups excluding carboxylic acids is 1. The predicted octanol–water partition coefficient (Wildman–Crippen LogP) is 5.12. The number of alkyl halides is 6. The van der Waals surface area contributed by atoms with Crippen LogP contribution in [-0.4, -0.2) is 35.1 Å². The Hall–Kier alpha value is -0.990. The van der Waals surface area contributed by atoms with Gasteiger partial charge in [-0.25, -0.2) is 0 Å². The summed E-state index contributed by atoms with van der Waals surface area (Å²) >= 11 is 0. The van der Waals surface area contributed by atoms with E-state index in [4.69, 9.17) is 4.74 Å². The molecule has 4 saturated carbocycles. The van der Waals surface area contributed by atoms with Gasteiger partial charge in [-0.05, 0) is 67.6 Å². The minimum absolute atomic E-state index is 0.0234. The molecule has 30 heavy (non-hydrogen) atoms. The van der Waals surface area contributed by atoms with E-state index in [-0.39, 0.29) is 30.1 Å². The number of ether oxygens (including phenoxy) is 1. The summed E-state index contributed by atoms with van der Waals surface area (Å²) < 4.78 is 87.2. The van der Waals surface area contributed by atoms with Crippen LogP contribution in [0.2, 0.25) is 0 Å². The van der Waals surface area contributed by atoms with Crippen molar-refractivity contribution in [3.63, 3.8) is 0 Å². The first-order valence-corrected chi connectivity index (χ1v) is 10.8. The lowest BCUT2D eigenvalue weighted by atomic mass is 9.75. The monoisotopic (exact) mass is 442 g/mol. The molecule has 0 aliphatic heterocycles. The molecule has 0 radical (unpaired) electrons. The van der Waals surface area contributed by atoms with Gasteiger partial charge in [-0.1, -0.05) is 20.3 Å². The topological polar surface area (TPSA) is 46.5 Å². The molecule has 9 heteroatoms. The number of hydrogen-bond acceptors (Lipinski definition) is 3. The highest BCUT2D eigenvalue weighted by Gasteiger charge is 2.77. The second kappa shape index (κ2) is 7.01. The maximum absolute atomic E-state index is 13.7. The summed E-state index contributed by atoms with van der Waals surface area (Å²) in [5, 5.41) is 10.1. The molecule has 0 saturated heterocycles. The van der Waals surface area contributed by atoms with E-state index in [0.717, 1.165) is 12.8 Å². The van der Waals surface area contributed by atoms with Gasteiger partial charge in [0.05, 0.1) is 5.92 Å². The molecule has 4 bridgehead atoms. The van der Waals surface area contributed by atoms with Crippen LogP contribution in [-0.2, 0) is 9.53 Å². The van der Waals surface area contributed by atoms with Gasteiger partial charge in [0, 0.05) is 5.92 Å². The summed E-state index contributed by atoms with van der Waals surface area (Å²) in [6.07, 6.45) is -11.6. The lowest BCUT2D eigenvalue weighted by Crippen LogP contribution is -2.67. The van der Waals surface area contributed by atoms with E-state index >= 15 is 0 Å². The smallest absolute Gasteiger partial charge is 0.430 e. The zero-order chi connectivity index (χ0) is 22.2. The number of aliphatic hydroxyl groups is 1. The van der Waals surface area contributed by atoms with Crippen LogP contribution < -0.4 is 0 Å². The minimum atomic E-state index is -6.01. The van der Waals surface area contributed by atoms with Gasteiger partial charge in [-0.3, -0.25) is 4.79 Å². The standard InChI is InChI=1S/C21H28F6O3/c1-9-10(2)14-7-13(9)8-16(14)18(28)30-17(15-6-11-3-4-12(15)5-11)19(29,20(22,23)24)21(25,26)27/h9-17,29H,3-8H2,1-2H3. The van der Waals surface area contributed by atoms with Gasteiger partial charge in [0.15, 0.2) is 6.10 Å². The summed E-state index contributed by atoms with van der Waals surface area (Å²) in [6, 6.07) is 0. The minimum Gasteiger partial charge on any atom is -0.458 e. The Morgan fingerprint density at radius 1 is 0.900 bits per heavy atom. The van der Waals surface area contributed by atoms with Crippen molar-refractivity contribution in [2.24, 2.45) is 47.3 Å². The van der Waals surface area contributed by atoms with E-state index in [0.29, 0.717) is 25.2 Å². The Labute approximate surface area is 171 Å². The van der Waals surface area contributed by atoms with Crippen LogP contribution in [0.4, 0.5) is 26.3 Å². The zero-order valence-electron chi connectivity index (χ0n) is 17.0. The molecule has 0 aromatic rings. The molecule has 4 rings (SSSR count). The Kier molecular flexibility index (Phi) is 5.19. The lowest BCUT2D eigenvalue weighted by molar-refractivity contribution is -0.397. The average Bonchev–Trinajstić information content (AvgIpc) is 3.39. The quantitative estimate of drug-likeness (QED) is 0.486. The van der Waals surface area contributed by atoms with Crippen LogP contribution in [0.25, 0.3) is 0 Å². The number of carbonyl (C=O) groups is 1. The van der Waals surface area contributed by atoms with Crippen LogP contribution in [0, 0.1) is 47.3 Å². The maximum Gasteiger partial charge on any atom is 0.430 e. The average molecular weight is 442 g/mol. The molecule has 9 atom stereocenters. The van der Waals surface area contributed by atoms with Gasteiger partial charge in [-0.15, -0.1) is 0 Å². The maximum atomic E-state index is 13.7. The van der Waals surface area contributed by atoms with E-state index in [9.17, 15) is 36.2 Å². The van der Waals surface area contributed by atoms with Crippen molar-refractivity contribution < 1.29 is 41.0 Å². The molecule has 0 amide bonds. The molecule has 4 aliphatic carbocycles. The first-order valence-electron chi connectivity index (χ1n) is 10.8. The molecular formula is C21H28F6O3. The molecular weight excluding hydrogens is 414 g/mol. The second-order valence-corrected chi connectivity index (χ2v) is 10.2. The Bertz CT molecular complexity index is 673. The van der Waals surface area contributed by atoms with Gasteiger partial charge < -0.3 is 9.84 Å². The summed E-state index contributed by atoms with van der Waals surface area (Å²) in [5.74, 6) is -2.58. The largest absolute Gasteiger partial charge is 0.458 e. The van der Waals surface area contributed by atoms with Crippen molar-refractivity contribution in [1.82, 2.24) is 0 Å². The summed E-state index contributed by atoms with van der Waals surface area (Å²) in [7, 11) is 0. The lowest BCUT2D eigenvalue weighted by Gasteiger charge is -2.43. The van der Waals surface area contributed by atoms with Crippen LogP contribution in [0.1, 0.15) is 52.4 Å². The van der Waals surface area contributed by atoms with Crippen LogP contribution in [0.15, 0.2) is 0 Å². The first kappa shape index (κ1) is 22.2. The summed E-state index contributed by atoms with van der Waals surface area (Å²) in [5.41, 5.74) is -5.07. The molecule has 4 fully saturated rings. The second-order valence-electron chi connectivity index (χ2n) is 10.2. The molecule has 0 aromatic heterocycles. The third-order valence-electron chi connectivity index (χ3n) is 8.90. The van der Waals surface area contributed by atoms with Crippen molar-refractivity contribution in [2.45, 2.75) is 76.4 Å². The van der Waals surface area contributed by atoms with Gasteiger partial charge in [0.25, 0.3) is 5.60 Å². The fraction of sp³-hybridized carbons (Fsp3) is 0.952. The van der Waals surface area contributed by atoms with Crippen LogP contribution in [0.3, 0.4) is 0 Å². The summed E-state index contributed by atoms with van der Waals surface area (Å²) in [6.45, 7) is 4.02. The van der Waals surface area contributed by atoms with Crippen molar-refractivity contribution in [3.8, 4) is 0 Å². The summed E-state index contributed by atoms with van der Waals surface area (Å²) in [4.78, 5) is 12.9. The highest BCUT2D eigenvalue weighted by molar-refractivity contribution is 5.74. The molecule has 0 spiro atoms. The Balaban J connectivity index is 1.64. The highest BCUT2D eigenvalue weighted by Crippen LogP contribution is 2.58. The number of rotatable bonds is 4. The number of hydrogen-bond donors (Lipinski definition) is 1. The number of fused-ring (bicyclic) bond motifs is 4. The predicted molar refractivity (Wildman–Crippen MR) is 93.9 cm³/mol. The fourth-order valence-electron chi connectivity index (χ4n) is 7.05. The first-order chi connectivity index (χ1) is 13.8. The molecule has 9 unspecified atom stereocenters. The molecule has 172 valence electrons. The fourth-order valence-corrected chi connectivity index (χ4v) is 7.05. The van der Waals surface area contributed by atoms with E-state index < -0.39 is 47.8 Å². The van der Waals surface area contributed by atoms with Gasteiger partial charge in [0.2, 0.25) is 0 Å². The SMILES string of the molecule is CC1C2CC(C(=O)OC(C3CC4CCC3C4)C(O)(C(F)(F)F)C(F)(F)F)C(C2)C1C. The van der Waals surface area contributed by atoms with Crippen LogP contribution >= 0.6 is 0 Å². The van der Waals surface area contributed by atoms with E-state index in [1.165, 1.54) is 0 Å². The molecule has 0 heterocycles. The molecule has 3 nitrogen and oxygen atoms in total. The molecule has 0 aromatic carbocycles. The van der Waals surface area contributed by atoms with Gasteiger partial charge >= 0.3 is 18.3 Å². The third kappa shape index (κ3) is 3.16. The number of halogens is 6. The van der Waals surface area contributed by atoms with Crippen molar-refractivity contribution in [1.29, 1.82) is 0 Å². The zero-order valence-corrected chi connectivity index (χ0v) is 17.0. The van der Waals surface area contributed by atoms with Crippen molar-refractivity contribution in [2.75, 3.05) is 0 Å². The van der Waals surface area contributed by atoms with E-state index in [1.807, 2.05) is 6.92 Å². The highest BCUT2D eigenvalue weighted by atomic mass is 19.4. The number of esters is 1. The van der Waals surface area contributed by atoms with E-state index in [2.05, 4.69) is 6.92 Å². The molecule has 4 aliphatic rings. The van der Waals surface area contributed by atoms with Crippen molar-refractivity contribution >= 4 is 5.97 Å². The normalized spacial score (nSPS) is 42.0. The van der Waals surface area contributed by atoms with Gasteiger partial charge in [0.1, 0.15) is 0 Å². The Morgan fingerprint density at radius 2 is 1.53 bits per heavy atom. The van der Waals surface area contributed by atoms with Gasteiger partial charge in [-0.2, -0.15) is 26.3 Å².